The van der Waals surface area contributed by atoms with Crippen LogP contribution in [0.3, 0.4) is 0 Å². The lowest BCUT2D eigenvalue weighted by Gasteiger charge is -2.51. The van der Waals surface area contributed by atoms with E-state index >= 15 is 0 Å². The van der Waals surface area contributed by atoms with Gasteiger partial charge in [0.25, 0.3) is 0 Å². The van der Waals surface area contributed by atoms with Gasteiger partial charge in [0.05, 0.1) is 52.9 Å². The Labute approximate surface area is 457 Å². The summed E-state index contributed by atoms with van der Waals surface area (Å²) < 4.78 is 81.9. The topological polar surface area (TPSA) is 128 Å². The highest BCUT2D eigenvalue weighted by Gasteiger charge is 2.56. The van der Waals surface area contributed by atoms with Gasteiger partial charge in [-0.3, -0.25) is 4.79 Å². The van der Waals surface area contributed by atoms with Gasteiger partial charge in [-0.2, -0.15) is 0 Å². The molecule has 10 rings (SSSR count). The number of carbonyl (C=O) groups is 1. The largest absolute Gasteiger partial charge is 0.461 e. The van der Waals surface area contributed by atoms with E-state index in [1.807, 2.05) is 212 Å². The summed E-state index contributed by atoms with van der Waals surface area (Å²) in [6.45, 7) is 1.76. The second-order valence-electron chi connectivity index (χ2n) is 19.5. The molecule has 3 aliphatic rings. The highest BCUT2D eigenvalue weighted by Crippen LogP contribution is 2.40. The quantitative estimate of drug-likeness (QED) is 0.0377. The Hall–Kier alpha value is -6.43. The predicted octanol–water partition coefficient (Wildman–Crippen LogP) is 11.0. The summed E-state index contributed by atoms with van der Waals surface area (Å²) in [4.78, 5) is 13.0. The maximum absolute atomic E-state index is 13.0. The third kappa shape index (κ3) is 15.7. The van der Waals surface area contributed by atoms with Crippen molar-refractivity contribution < 1.29 is 61.6 Å². The minimum Gasteiger partial charge on any atom is -0.461 e. The molecular weight excluding hydrogens is 989 g/mol. The molecule has 3 heterocycles. The van der Waals surface area contributed by atoms with Gasteiger partial charge >= 0.3 is 5.97 Å². The first-order chi connectivity index (χ1) is 38.6. The Balaban J connectivity index is 0.987. The highest BCUT2D eigenvalue weighted by atomic mass is 16.8. The van der Waals surface area contributed by atoms with Crippen molar-refractivity contribution in [2.45, 2.75) is 120 Å². The molecule has 7 aromatic rings. The average Bonchev–Trinajstić information content (AvgIpc) is 3.57. The van der Waals surface area contributed by atoms with Gasteiger partial charge in [-0.15, -0.1) is 0 Å². The summed E-state index contributed by atoms with van der Waals surface area (Å²) >= 11 is 0. The fraction of sp³-hybridized carbons (Fsp3) is 0.338. The van der Waals surface area contributed by atoms with Gasteiger partial charge in [-0.1, -0.05) is 212 Å². The van der Waals surface area contributed by atoms with Crippen LogP contribution in [-0.2, 0) is 101 Å². The standard InChI is InChI=1S/C65H68O13/c66-56(69-40-48-25-10-2-11-26-48)37-22-38-68-64-61(72-43-51-31-16-5-17-32-51)59(70-41-49-27-12-3-13-28-49)57(54(75-64)45-67-39-47-23-8-1-9-24-47)78-65-62(73-44-52-33-18-6-19-34-52)60(71-42-50-29-14-4-15-30-50)58-55(76-65)46-74-63(77-58)53-35-20-7-21-36-53/h1-21,23-36,54-55,57-65H,22,37-46H2/t54?,55?,57-,58+,59-,60-,61?,62?,63?,64-,65+/m1/s1. The third-order valence-corrected chi connectivity index (χ3v) is 13.8. The summed E-state index contributed by atoms with van der Waals surface area (Å²) in [6, 6.07) is 69.3. The van der Waals surface area contributed by atoms with Gasteiger partial charge < -0.3 is 56.8 Å². The molecule has 0 N–H and O–H groups in total. The maximum atomic E-state index is 13.0. The summed E-state index contributed by atoms with van der Waals surface area (Å²) in [5.74, 6) is -0.331. The summed E-state index contributed by atoms with van der Waals surface area (Å²) in [7, 11) is 0. The fourth-order valence-electron chi connectivity index (χ4n) is 9.79. The van der Waals surface area contributed by atoms with Crippen LogP contribution in [0, 0.1) is 0 Å². The number of carbonyl (C=O) groups excluding carboxylic acids is 1. The molecule has 11 atom stereocenters. The molecule has 0 spiro atoms. The molecule has 7 aromatic carbocycles. The molecule has 13 heteroatoms. The molecule has 0 saturated carbocycles. The number of benzene rings is 7. The number of fused-ring (bicyclic) bond motifs is 1. The molecule has 0 aromatic heterocycles. The third-order valence-electron chi connectivity index (χ3n) is 13.8. The van der Waals surface area contributed by atoms with Crippen LogP contribution in [0.2, 0.25) is 0 Å². The van der Waals surface area contributed by atoms with Crippen molar-refractivity contribution in [2.24, 2.45) is 0 Å². The van der Waals surface area contributed by atoms with E-state index in [0.29, 0.717) is 13.0 Å². The van der Waals surface area contributed by atoms with Gasteiger partial charge in [0.1, 0.15) is 55.4 Å². The van der Waals surface area contributed by atoms with E-state index in [9.17, 15) is 4.79 Å². The van der Waals surface area contributed by atoms with Crippen LogP contribution in [0.15, 0.2) is 212 Å². The molecule has 0 aliphatic carbocycles. The van der Waals surface area contributed by atoms with Crippen molar-refractivity contribution >= 4 is 5.97 Å². The van der Waals surface area contributed by atoms with Crippen molar-refractivity contribution in [1.29, 1.82) is 0 Å². The molecule has 0 radical (unpaired) electrons. The van der Waals surface area contributed by atoms with E-state index in [2.05, 4.69) is 0 Å². The smallest absolute Gasteiger partial charge is 0.306 e. The lowest BCUT2D eigenvalue weighted by molar-refractivity contribution is -0.397. The van der Waals surface area contributed by atoms with Gasteiger partial charge in [-0.05, 0) is 39.8 Å². The molecule has 0 bridgehead atoms. The van der Waals surface area contributed by atoms with Crippen LogP contribution in [0.1, 0.15) is 58.1 Å². The molecule has 13 nitrogen and oxygen atoms in total. The molecular formula is C65H68O13. The van der Waals surface area contributed by atoms with Gasteiger partial charge in [0, 0.05) is 12.0 Å². The Morgan fingerprint density at radius 3 is 1.37 bits per heavy atom. The number of esters is 1. The van der Waals surface area contributed by atoms with Crippen LogP contribution in [0.4, 0.5) is 0 Å². The van der Waals surface area contributed by atoms with Crippen molar-refractivity contribution in [3.05, 3.63) is 251 Å². The molecule has 0 amide bonds. The molecule has 3 aliphatic heterocycles. The zero-order valence-corrected chi connectivity index (χ0v) is 43.6. The maximum Gasteiger partial charge on any atom is 0.306 e. The summed E-state index contributed by atoms with van der Waals surface area (Å²) in [5, 5.41) is 0. The first-order valence-corrected chi connectivity index (χ1v) is 26.9. The Kier molecular flexibility index (Phi) is 20.4. The normalized spacial score (nSPS) is 24.9. The van der Waals surface area contributed by atoms with E-state index in [0.717, 1.165) is 38.9 Å². The van der Waals surface area contributed by atoms with Crippen molar-refractivity contribution in [1.82, 2.24) is 0 Å². The average molecular weight is 1060 g/mol. The van der Waals surface area contributed by atoms with E-state index in [1.165, 1.54) is 0 Å². The SMILES string of the molecule is O=C(CCCO[C@@H]1OC(COCc2ccccc2)[C@@H](O[C@@H]2OC3COC(c4ccccc4)O[C@@H]3[C@@H](OCc3ccccc3)C2OCc2ccccc2)[C@@H](OCc2ccccc2)C1OCc1ccccc1)OCc1ccccc1. The van der Waals surface area contributed by atoms with Crippen molar-refractivity contribution in [2.75, 3.05) is 19.8 Å². The number of hydrogen-bond donors (Lipinski definition) is 0. The number of rotatable bonds is 26. The lowest BCUT2D eigenvalue weighted by Crippen LogP contribution is -2.67. The zero-order chi connectivity index (χ0) is 53.0. The van der Waals surface area contributed by atoms with Crippen LogP contribution in [0.5, 0.6) is 0 Å². The Morgan fingerprint density at radius 2 is 0.859 bits per heavy atom. The highest BCUT2D eigenvalue weighted by molar-refractivity contribution is 5.69. The number of hydrogen-bond acceptors (Lipinski definition) is 13. The molecule has 3 saturated heterocycles. The van der Waals surface area contributed by atoms with Crippen LogP contribution >= 0.6 is 0 Å². The number of ether oxygens (including phenoxy) is 12. The minimum atomic E-state index is -1.10. The van der Waals surface area contributed by atoms with E-state index in [1.54, 1.807) is 0 Å². The van der Waals surface area contributed by atoms with E-state index in [-0.39, 0.29) is 65.2 Å². The fourth-order valence-corrected chi connectivity index (χ4v) is 9.79. The minimum absolute atomic E-state index is 0.0645. The van der Waals surface area contributed by atoms with Gasteiger partial charge in [0.2, 0.25) is 0 Å². The molecule has 406 valence electrons. The summed E-state index contributed by atoms with van der Waals surface area (Å²) in [6.07, 6.45) is -8.67. The summed E-state index contributed by atoms with van der Waals surface area (Å²) in [5.41, 5.74) is 6.57. The zero-order valence-electron chi connectivity index (χ0n) is 43.6. The monoisotopic (exact) mass is 1060 g/mol. The van der Waals surface area contributed by atoms with Crippen LogP contribution in [0.25, 0.3) is 0 Å². The second kappa shape index (κ2) is 29.0. The molecule has 78 heavy (non-hydrogen) atoms. The van der Waals surface area contributed by atoms with Crippen molar-refractivity contribution in [3.8, 4) is 0 Å². The van der Waals surface area contributed by atoms with Gasteiger partial charge in [-0.25, -0.2) is 0 Å². The second-order valence-corrected chi connectivity index (χ2v) is 19.5. The first kappa shape index (κ1) is 54.9. The van der Waals surface area contributed by atoms with Gasteiger partial charge in [0.15, 0.2) is 18.9 Å². The Morgan fingerprint density at radius 1 is 0.423 bits per heavy atom. The predicted molar refractivity (Wildman–Crippen MR) is 290 cm³/mol. The van der Waals surface area contributed by atoms with E-state index in [4.69, 9.17) is 56.8 Å². The molecule has 3 fully saturated rings. The van der Waals surface area contributed by atoms with E-state index < -0.39 is 67.7 Å². The first-order valence-electron chi connectivity index (χ1n) is 26.9. The Bertz CT molecular complexity index is 2780. The molecule has 5 unspecified atom stereocenters. The van der Waals surface area contributed by atoms with Crippen LogP contribution < -0.4 is 0 Å². The van der Waals surface area contributed by atoms with Crippen LogP contribution in [-0.4, -0.2) is 87.2 Å². The van der Waals surface area contributed by atoms with Crippen molar-refractivity contribution in [3.63, 3.8) is 0 Å². The lowest BCUT2D eigenvalue weighted by atomic mass is 9.95.